The van der Waals surface area contributed by atoms with E-state index in [4.69, 9.17) is 5.11 Å². The number of aliphatic hydroxyl groups is 1. The van der Waals surface area contributed by atoms with Gasteiger partial charge in [-0.15, -0.1) is 0 Å². The lowest BCUT2D eigenvalue weighted by Crippen LogP contribution is -2.49. The Hall–Kier alpha value is -2.08. The van der Waals surface area contributed by atoms with Gasteiger partial charge in [-0.25, -0.2) is 4.79 Å². The summed E-state index contributed by atoms with van der Waals surface area (Å²) in [5, 5.41) is 24.0. The van der Waals surface area contributed by atoms with Crippen LogP contribution in [0.2, 0.25) is 0 Å². The molecule has 1 aliphatic heterocycles. The van der Waals surface area contributed by atoms with Crippen molar-refractivity contribution < 1.29 is 19.8 Å². The van der Waals surface area contributed by atoms with Crippen LogP contribution in [0.25, 0.3) is 0 Å². The van der Waals surface area contributed by atoms with Crippen LogP contribution in [0.15, 0.2) is 24.3 Å². The summed E-state index contributed by atoms with van der Waals surface area (Å²) in [6.45, 7) is 2.00. The molecule has 4 N–H and O–H groups in total. The van der Waals surface area contributed by atoms with Crippen LogP contribution in [0.4, 0.5) is 5.69 Å². The van der Waals surface area contributed by atoms with Crippen molar-refractivity contribution in [2.24, 2.45) is 0 Å². The van der Waals surface area contributed by atoms with Crippen LogP contribution in [0.5, 0.6) is 0 Å². The number of para-hydroxylation sites is 1. The molecule has 0 saturated heterocycles. The number of carbonyl (C=O) groups is 2. The van der Waals surface area contributed by atoms with Gasteiger partial charge in [0, 0.05) is 12.2 Å². The maximum absolute atomic E-state index is 12.3. The molecule has 108 valence electrons. The van der Waals surface area contributed by atoms with E-state index in [0.717, 1.165) is 11.3 Å². The lowest BCUT2D eigenvalue weighted by atomic mass is 9.90. The number of nitrogens with one attached hydrogen (secondary N) is 2. The van der Waals surface area contributed by atoms with E-state index in [9.17, 15) is 14.7 Å². The smallest absolute Gasteiger partial charge is 0.328 e. The van der Waals surface area contributed by atoms with E-state index in [1.807, 2.05) is 24.3 Å². The van der Waals surface area contributed by atoms with E-state index in [1.165, 1.54) is 6.92 Å². The molecule has 1 heterocycles. The molecule has 0 fully saturated rings. The summed E-state index contributed by atoms with van der Waals surface area (Å²) in [6.07, 6.45) is -0.553. The maximum Gasteiger partial charge on any atom is 0.328 e. The van der Waals surface area contributed by atoms with Gasteiger partial charge in [-0.2, -0.15) is 0 Å². The Labute approximate surface area is 116 Å². The molecule has 20 heavy (non-hydrogen) atoms. The van der Waals surface area contributed by atoms with Gasteiger partial charge in [-0.05, 0) is 25.0 Å². The highest BCUT2D eigenvalue weighted by molar-refractivity contribution is 5.90. The molecule has 3 atom stereocenters. The monoisotopic (exact) mass is 278 g/mol. The van der Waals surface area contributed by atoms with Crippen molar-refractivity contribution in [3.05, 3.63) is 29.8 Å². The first-order valence-corrected chi connectivity index (χ1v) is 6.54. The third-order valence-electron chi connectivity index (χ3n) is 3.45. The van der Waals surface area contributed by atoms with Crippen molar-refractivity contribution in [2.75, 3.05) is 11.9 Å². The van der Waals surface area contributed by atoms with E-state index in [1.54, 1.807) is 0 Å². The first-order chi connectivity index (χ1) is 9.50. The first-order valence-electron chi connectivity index (χ1n) is 6.54. The number of aliphatic carboxylic acids is 1. The molecule has 2 rings (SSSR count). The predicted molar refractivity (Wildman–Crippen MR) is 73.5 cm³/mol. The summed E-state index contributed by atoms with van der Waals surface area (Å²) in [5.41, 5.74) is 1.74. The lowest BCUT2D eigenvalue weighted by Gasteiger charge is -2.27. The Kier molecular flexibility index (Phi) is 4.24. The van der Waals surface area contributed by atoms with Crippen LogP contribution in [-0.2, 0) is 9.59 Å². The molecule has 1 aromatic rings. The topological polar surface area (TPSA) is 98.7 Å². The van der Waals surface area contributed by atoms with Crippen molar-refractivity contribution in [3.8, 4) is 0 Å². The summed E-state index contributed by atoms with van der Waals surface area (Å²) in [5.74, 6) is -2.00. The maximum atomic E-state index is 12.3. The SMILES string of the molecule is C[C@@H](O)[C@H](NC(=O)C1CCNc2ccccc21)C(=O)O. The number of hydrogen-bond acceptors (Lipinski definition) is 4. The van der Waals surface area contributed by atoms with Gasteiger partial charge >= 0.3 is 5.97 Å². The van der Waals surface area contributed by atoms with E-state index in [-0.39, 0.29) is 5.91 Å². The van der Waals surface area contributed by atoms with Crippen molar-refractivity contribution in [1.82, 2.24) is 5.32 Å². The Bertz CT molecular complexity index is 516. The second-order valence-corrected chi connectivity index (χ2v) is 4.92. The molecule has 0 radical (unpaired) electrons. The minimum absolute atomic E-state index is 0.368. The van der Waals surface area contributed by atoms with Gasteiger partial charge in [0.2, 0.25) is 5.91 Å². The quantitative estimate of drug-likeness (QED) is 0.644. The molecule has 1 amide bonds. The second-order valence-electron chi connectivity index (χ2n) is 4.92. The van der Waals surface area contributed by atoms with E-state index in [2.05, 4.69) is 10.6 Å². The highest BCUT2D eigenvalue weighted by Crippen LogP contribution is 2.31. The Morgan fingerprint density at radius 1 is 1.40 bits per heavy atom. The number of carboxylic acid groups (broad SMARTS) is 1. The molecule has 1 aromatic carbocycles. The molecule has 6 nitrogen and oxygen atoms in total. The molecular formula is C14H18N2O4. The minimum Gasteiger partial charge on any atom is -0.480 e. The standard InChI is InChI=1S/C14H18N2O4/c1-8(17)12(14(19)20)16-13(18)10-6-7-15-11-5-3-2-4-9(10)11/h2-5,8,10,12,15,17H,6-7H2,1H3,(H,16,18)(H,19,20)/t8-,10?,12+/m1/s1. The van der Waals surface area contributed by atoms with Gasteiger partial charge in [0.1, 0.15) is 0 Å². The summed E-state index contributed by atoms with van der Waals surface area (Å²) < 4.78 is 0. The number of carboxylic acids is 1. The molecule has 0 aromatic heterocycles. The predicted octanol–water partition coefficient (Wildman–Crippen LogP) is 0.536. The third kappa shape index (κ3) is 2.91. The zero-order valence-corrected chi connectivity index (χ0v) is 11.2. The number of anilines is 1. The summed E-state index contributed by atoms with van der Waals surface area (Å²) in [4.78, 5) is 23.3. The normalized spacial score (nSPS) is 20.2. The minimum atomic E-state index is -1.29. The number of hydrogen-bond donors (Lipinski definition) is 4. The zero-order valence-electron chi connectivity index (χ0n) is 11.2. The van der Waals surface area contributed by atoms with Crippen molar-refractivity contribution in [1.29, 1.82) is 0 Å². The van der Waals surface area contributed by atoms with Crippen molar-refractivity contribution in [3.63, 3.8) is 0 Å². The molecule has 1 aliphatic rings. The molecule has 1 unspecified atom stereocenters. The summed E-state index contributed by atoms with van der Waals surface area (Å²) in [7, 11) is 0. The lowest BCUT2D eigenvalue weighted by molar-refractivity contribution is -0.145. The molecule has 0 aliphatic carbocycles. The van der Waals surface area contributed by atoms with Crippen LogP contribution in [-0.4, -0.2) is 40.8 Å². The average molecular weight is 278 g/mol. The average Bonchev–Trinajstić information content (AvgIpc) is 2.43. The number of fused-ring (bicyclic) bond motifs is 1. The van der Waals surface area contributed by atoms with Crippen LogP contribution < -0.4 is 10.6 Å². The van der Waals surface area contributed by atoms with Crippen LogP contribution in [0.1, 0.15) is 24.8 Å². The fraction of sp³-hybridized carbons (Fsp3) is 0.429. The van der Waals surface area contributed by atoms with Crippen LogP contribution >= 0.6 is 0 Å². The fourth-order valence-electron chi connectivity index (χ4n) is 2.38. The van der Waals surface area contributed by atoms with Crippen LogP contribution in [0.3, 0.4) is 0 Å². The van der Waals surface area contributed by atoms with E-state index >= 15 is 0 Å². The zero-order chi connectivity index (χ0) is 14.7. The van der Waals surface area contributed by atoms with Gasteiger partial charge in [-0.1, -0.05) is 18.2 Å². The van der Waals surface area contributed by atoms with Crippen molar-refractivity contribution >= 4 is 17.6 Å². The van der Waals surface area contributed by atoms with E-state index in [0.29, 0.717) is 13.0 Å². The number of carbonyl (C=O) groups excluding carboxylic acids is 1. The Morgan fingerprint density at radius 3 is 2.75 bits per heavy atom. The number of aliphatic hydroxyl groups excluding tert-OH is 1. The number of benzene rings is 1. The van der Waals surface area contributed by atoms with Crippen LogP contribution in [0, 0.1) is 0 Å². The molecule has 0 bridgehead atoms. The highest BCUT2D eigenvalue weighted by atomic mass is 16.4. The van der Waals surface area contributed by atoms with Gasteiger partial charge in [0.15, 0.2) is 6.04 Å². The summed E-state index contributed by atoms with van der Waals surface area (Å²) in [6, 6.07) is 6.17. The molecular weight excluding hydrogens is 260 g/mol. The third-order valence-corrected chi connectivity index (χ3v) is 3.45. The van der Waals surface area contributed by atoms with Crippen molar-refractivity contribution in [2.45, 2.75) is 31.4 Å². The fourth-order valence-corrected chi connectivity index (χ4v) is 2.38. The van der Waals surface area contributed by atoms with E-state index < -0.39 is 24.0 Å². The van der Waals surface area contributed by atoms with Gasteiger partial charge < -0.3 is 20.8 Å². The second kappa shape index (κ2) is 5.92. The summed E-state index contributed by atoms with van der Waals surface area (Å²) >= 11 is 0. The Balaban J connectivity index is 2.16. The Morgan fingerprint density at radius 2 is 2.10 bits per heavy atom. The molecule has 0 saturated carbocycles. The van der Waals surface area contributed by atoms with Gasteiger partial charge in [-0.3, -0.25) is 4.79 Å². The molecule has 6 heteroatoms. The number of rotatable bonds is 4. The van der Waals surface area contributed by atoms with Gasteiger partial charge in [0.25, 0.3) is 0 Å². The van der Waals surface area contributed by atoms with Gasteiger partial charge in [0.05, 0.1) is 12.0 Å². The largest absolute Gasteiger partial charge is 0.480 e. The number of amides is 1. The highest BCUT2D eigenvalue weighted by Gasteiger charge is 2.31. The molecule has 0 spiro atoms. The first kappa shape index (κ1) is 14.3.